The molecule has 0 atom stereocenters. The predicted octanol–water partition coefficient (Wildman–Crippen LogP) is 3.45. The standard InChI is InChI=1S/C22H22N2O3/c1-4-16-19(24(13-12-14(2)3)22(27)23-21(16)26)20(25)18-11-7-9-15-8-5-6-10-17(15)18/h5-12H,4,13H2,1-3H3,(H,23,26,27). The number of hydrogen-bond donors (Lipinski definition) is 1. The number of nitrogens with one attached hydrogen (secondary N) is 1. The summed E-state index contributed by atoms with van der Waals surface area (Å²) >= 11 is 0. The van der Waals surface area contributed by atoms with Crippen LogP contribution >= 0.6 is 0 Å². The normalized spacial score (nSPS) is 10.8. The third-order valence-electron chi connectivity index (χ3n) is 4.58. The smallest absolute Gasteiger partial charge is 0.287 e. The van der Waals surface area contributed by atoms with E-state index in [1.807, 2.05) is 56.3 Å². The summed E-state index contributed by atoms with van der Waals surface area (Å²) in [4.78, 5) is 40.6. The summed E-state index contributed by atoms with van der Waals surface area (Å²) in [6, 6.07) is 13.1. The number of ketones is 1. The van der Waals surface area contributed by atoms with E-state index in [0.29, 0.717) is 17.5 Å². The Labute approximate surface area is 157 Å². The van der Waals surface area contributed by atoms with Crippen LogP contribution in [0.25, 0.3) is 10.8 Å². The Bertz CT molecular complexity index is 1160. The molecule has 3 aromatic rings. The van der Waals surface area contributed by atoms with Crippen LogP contribution in [0.4, 0.5) is 0 Å². The van der Waals surface area contributed by atoms with Gasteiger partial charge in [-0.2, -0.15) is 0 Å². The Hall–Kier alpha value is -3.21. The van der Waals surface area contributed by atoms with Gasteiger partial charge in [-0.1, -0.05) is 61.0 Å². The second-order valence-corrected chi connectivity index (χ2v) is 6.69. The number of rotatable bonds is 5. The Kier molecular flexibility index (Phi) is 5.21. The Morgan fingerprint density at radius 2 is 1.78 bits per heavy atom. The molecule has 5 heteroatoms. The summed E-state index contributed by atoms with van der Waals surface area (Å²) < 4.78 is 1.36. The molecule has 0 saturated heterocycles. The zero-order valence-electron chi connectivity index (χ0n) is 15.7. The van der Waals surface area contributed by atoms with Crippen LogP contribution in [-0.2, 0) is 13.0 Å². The molecule has 0 spiro atoms. The highest BCUT2D eigenvalue weighted by atomic mass is 16.2. The van der Waals surface area contributed by atoms with Gasteiger partial charge in [0.05, 0.1) is 0 Å². The number of nitrogens with zero attached hydrogens (tertiary/aromatic N) is 1. The molecule has 0 aliphatic rings. The number of H-pyrrole nitrogens is 1. The second kappa shape index (κ2) is 7.58. The first-order valence-corrected chi connectivity index (χ1v) is 8.95. The molecular weight excluding hydrogens is 340 g/mol. The monoisotopic (exact) mass is 362 g/mol. The first-order chi connectivity index (χ1) is 12.9. The van der Waals surface area contributed by atoms with Gasteiger partial charge in [-0.15, -0.1) is 0 Å². The predicted molar refractivity (Wildman–Crippen MR) is 108 cm³/mol. The summed E-state index contributed by atoms with van der Waals surface area (Å²) in [5.74, 6) is -0.311. The van der Waals surface area contributed by atoms with Crippen LogP contribution in [0.1, 0.15) is 42.4 Å². The molecule has 3 rings (SSSR count). The molecule has 5 nitrogen and oxygen atoms in total. The van der Waals surface area contributed by atoms with Gasteiger partial charge in [-0.25, -0.2) is 4.79 Å². The molecule has 0 radical (unpaired) electrons. The topological polar surface area (TPSA) is 71.9 Å². The third kappa shape index (κ3) is 3.53. The van der Waals surface area contributed by atoms with E-state index in [0.717, 1.165) is 16.3 Å². The molecule has 27 heavy (non-hydrogen) atoms. The van der Waals surface area contributed by atoms with Gasteiger partial charge in [-0.05, 0) is 31.0 Å². The molecule has 0 bridgehead atoms. The maximum atomic E-state index is 13.5. The van der Waals surface area contributed by atoms with Gasteiger partial charge in [0.1, 0.15) is 5.69 Å². The van der Waals surface area contributed by atoms with E-state index in [1.165, 1.54) is 4.57 Å². The van der Waals surface area contributed by atoms with Crippen molar-refractivity contribution < 1.29 is 4.79 Å². The van der Waals surface area contributed by atoms with E-state index in [-0.39, 0.29) is 18.0 Å². The number of fused-ring (bicyclic) bond motifs is 1. The summed E-state index contributed by atoms with van der Waals surface area (Å²) in [5, 5.41) is 1.73. The second-order valence-electron chi connectivity index (χ2n) is 6.69. The summed E-state index contributed by atoms with van der Waals surface area (Å²) in [7, 11) is 0. The van der Waals surface area contributed by atoms with Crippen molar-refractivity contribution in [2.24, 2.45) is 0 Å². The zero-order valence-corrected chi connectivity index (χ0v) is 15.7. The minimum Gasteiger partial charge on any atom is -0.287 e. The largest absolute Gasteiger partial charge is 0.329 e. The first-order valence-electron chi connectivity index (χ1n) is 8.95. The fraction of sp³-hybridized carbons (Fsp3) is 0.227. The number of aromatic nitrogens is 2. The maximum Gasteiger partial charge on any atom is 0.329 e. The van der Waals surface area contributed by atoms with Crippen LogP contribution in [0.5, 0.6) is 0 Å². The number of benzene rings is 2. The lowest BCUT2D eigenvalue weighted by atomic mass is 9.97. The van der Waals surface area contributed by atoms with Gasteiger partial charge in [0.15, 0.2) is 0 Å². The summed E-state index contributed by atoms with van der Waals surface area (Å²) in [6.45, 7) is 5.88. The molecular formula is C22H22N2O3. The molecule has 2 aromatic carbocycles. The van der Waals surface area contributed by atoms with Crippen molar-refractivity contribution in [1.82, 2.24) is 9.55 Å². The van der Waals surface area contributed by atoms with Crippen LogP contribution in [0.3, 0.4) is 0 Å². The Morgan fingerprint density at radius 3 is 2.48 bits per heavy atom. The van der Waals surface area contributed by atoms with Gasteiger partial charge in [-0.3, -0.25) is 19.1 Å². The number of carbonyl (C=O) groups excluding carboxylic acids is 1. The quantitative estimate of drug-likeness (QED) is 0.558. The minimum absolute atomic E-state index is 0.167. The number of aromatic amines is 1. The van der Waals surface area contributed by atoms with Gasteiger partial charge < -0.3 is 0 Å². The lowest BCUT2D eigenvalue weighted by Crippen LogP contribution is -2.37. The molecule has 1 heterocycles. The molecule has 0 aliphatic heterocycles. The first kappa shape index (κ1) is 18.6. The summed E-state index contributed by atoms with van der Waals surface area (Å²) in [6.07, 6.45) is 2.22. The Balaban J connectivity index is 2.31. The highest BCUT2D eigenvalue weighted by molar-refractivity contribution is 6.16. The molecule has 0 aliphatic carbocycles. The van der Waals surface area contributed by atoms with E-state index in [1.54, 1.807) is 13.0 Å². The lowest BCUT2D eigenvalue weighted by Gasteiger charge is -2.15. The molecule has 138 valence electrons. The molecule has 1 N–H and O–H groups in total. The van der Waals surface area contributed by atoms with Crippen LogP contribution in [0.2, 0.25) is 0 Å². The third-order valence-corrected chi connectivity index (χ3v) is 4.58. The molecule has 0 unspecified atom stereocenters. The summed E-state index contributed by atoms with van der Waals surface area (Å²) in [5.41, 5.74) is 0.932. The van der Waals surface area contributed by atoms with Crippen molar-refractivity contribution >= 4 is 16.6 Å². The molecule has 1 aromatic heterocycles. The van der Waals surface area contributed by atoms with Crippen molar-refractivity contribution in [3.63, 3.8) is 0 Å². The van der Waals surface area contributed by atoms with E-state index < -0.39 is 11.2 Å². The van der Waals surface area contributed by atoms with E-state index in [9.17, 15) is 14.4 Å². The van der Waals surface area contributed by atoms with Crippen molar-refractivity contribution in [3.8, 4) is 0 Å². The molecule has 0 amide bonds. The van der Waals surface area contributed by atoms with E-state index >= 15 is 0 Å². The van der Waals surface area contributed by atoms with Crippen molar-refractivity contribution in [2.45, 2.75) is 33.7 Å². The number of allylic oxidation sites excluding steroid dienone is 2. The molecule has 0 saturated carbocycles. The van der Waals surface area contributed by atoms with Crippen LogP contribution in [-0.4, -0.2) is 15.3 Å². The highest BCUT2D eigenvalue weighted by Gasteiger charge is 2.22. The number of carbonyl (C=O) groups is 1. The average Bonchev–Trinajstić information content (AvgIpc) is 2.65. The van der Waals surface area contributed by atoms with Crippen molar-refractivity contribution in [3.05, 3.63) is 91.8 Å². The van der Waals surface area contributed by atoms with Crippen LogP contribution < -0.4 is 11.2 Å². The van der Waals surface area contributed by atoms with E-state index in [2.05, 4.69) is 4.98 Å². The highest BCUT2D eigenvalue weighted by Crippen LogP contribution is 2.22. The lowest BCUT2D eigenvalue weighted by molar-refractivity contribution is 0.102. The maximum absolute atomic E-state index is 13.5. The van der Waals surface area contributed by atoms with Crippen molar-refractivity contribution in [2.75, 3.05) is 0 Å². The minimum atomic E-state index is -0.571. The van der Waals surface area contributed by atoms with Crippen LogP contribution in [0, 0.1) is 0 Å². The van der Waals surface area contributed by atoms with Gasteiger partial charge in [0, 0.05) is 17.7 Å². The number of hydrogen-bond acceptors (Lipinski definition) is 3. The van der Waals surface area contributed by atoms with Gasteiger partial charge >= 0.3 is 5.69 Å². The van der Waals surface area contributed by atoms with Gasteiger partial charge in [0.25, 0.3) is 5.56 Å². The van der Waals surface area contributed by atoms with Crippen LogP contribution in [0.15, 0.2) is 63.7 Å². The SMILES string of the molecule is CCc1c(C(=O)c2cccc3ccccc23)n(CC=C(C)C)c(=O)[nH]c1=O. The van der Waals surface area contributed by atoms with Crippen molar-refractivity contribution in [1.29, 1.82) is 0 Å². The fourth-order valence-electron chi connectivity index (χ4n) is 3.20. The van der Waals surface area contributed by atoms with E-state index in [4.69, 9.17) is 0 Å². The molecule has 0 fully saturated rings. The zero-order chi connectivity index (χ0) is 19.6. The van der Waals surface area contributed by atoms with Gasteiger partial charge in [0.2, 0.25) is 5.78 Å². The Morgan fingerprint density at radius 1 is 1.07 bits per heavy atom. The average molecular weight is 362 g/mol. The fourth-order valence-corrected chi connectivity index (χ4v) is 3.20.